The van der Waals surface area contributed by atoms with Crippen LogP contribution in [0.2, 0.25) is 0 Å². The largest absolute Gasteiger partial charge is 0.478 e. The van der Waals surface area contributed by atoms with Gasteiger partial charge in [-0.1, -0.05) is 24.3 Å². The molecule has 0 atom stereocenters. The second kappa shape index (κ2) is 5.28. The van der Waals surface area contributed by atoms with Gasteiger partial charge in [-0.25, -0.2) is 4.79 Å². The maximum absolute atomic E-state index is 11.3. The summed E-state index contributed by atoms with van der Waals surface area (Å²) in [6.45, 7) is 0.594. The van der Waals surface area contributed by atoms with Crippen LogP contribution in [0.3, 0.4) is 0 Å². The van der Waals surface area contributed by atoms with Crippen LogP contribution in [0.4, 0.5) is 5.69 Å². The lowest BCUT2D eigenvalue weighted by Gasteiger charge is -2.10. The van der Waals surface area contributed by atoms with Gasteiger partial charge in [0.25, 0.3) is 0 Å². The van der Waals surface area contributed by atoms with E-state index in [2.05, 4.69) is 10.4 Å². The van der Waals surface area contributed by atoms with E-state index in [0.717, 1.165) is 22.2 Å². The van der Waals surface area contributed by atoms with Gasteiger partial charge in [-0.05, 0) is 23.6 Å². The van der Waals surface area contributed by atoms with E-state index in [1.54, 1.807) is 16.8 Å². The molecule has 3 rings (SSSR count). The number of carbonyl (C=O) groups is 1. The predicted octanol–water partition coefficient (Wildman–Crippen LogP) is 2.88. The molecule has 0 saturated carbocycles. The molecule has 0 fully saturated rings. The molecule has 5 heteroatoms. The van der Waals surface area contributed by atoms with Crippen molar-refractivity contribution in [3.05, 3.63) is 59.9 Å². The molecule has 21 heavy (non-hydrogen) atoms. The van der Waals surface area contributed by atoms with E-state index in [4.69, 9.17) is 0 Å². The van der Waals surface area contributed by atoms with E-state index in [-0.39, 0.29) is 0 Å². The Morgan fingerprint density at radius 2 is 1.95 bits per heavy atom. The van der Waals surface area contributed by atoms with Gasteiger partial charge < -0.3 is 10.4 Å². The standard InChI is InChI=1S/C16H15N3O2/c1-19-9-8-11(18-19)10-17-15-7-6-14(16(20)21)12-4-2-3-5-13(12)15/h2-9,17H,10H2,1H3,(H,20,21). The number of carboxylic acid groups (broad SMARTS) is 1. The van der Waals surface area contributed by atoms with E-state index in [0.29, 0.717) is 12.1 Å². The molecule has 2 N–H and O–H groups in total. The Kier molecular flexibility index (Phi) is 3.31. The molecule has 106 valence electrons. The zero-order valence-corrected chi connectivity index (χ0v) is 11.6. The van der Waals surface area contributed by atoms with Crippen molar-refractivity contribution in [2.45, 2.75) is 6.54 Å². The van der Waals surface area contributed by atoms with Crippen molar-refractivity contribution < 1.29 is 9.90 Å². The van der Waals surface area contributed by atoms with Gasteiger partial charge in [0, 0.05) is 24.3 Å². The topological polar surface area (TPSA) is 67.2 Å². The second-order valence-electron chi connectivity index (χ2n) is 4.85. The molecule has 5 nitrogen and oxygen atoms in total. The van der Waals surface area contributed by atoms with Gasteiger partial charge >= 0.3 is 5.97 Å². The van der Waals surface area contributed by atoms with E-state index in [1.807, 2.05) is 43.6 Å². The Morgan fingerprint density at radius 3 is 2.62 bits per heavy atom. The Hall–Kier alpha value is -2.82. The molecule has 0 amide bonds. The summed E-state index contributed by atoms with van der Waals surface area (Å²) in [5, 5.41) is 18.5. The van der Waals surface area contributed by atoms with Gasteiger partial charge in [0.15, 0.2) is 0 Å². The maximum Gasteiger partial charge on any atom is 0.336 e. The lowest BCUT2D eigenvalue weighted by molar-refractivity contribution is 0.0699. The summed E-state index contributed by atoms with van der Waals surface area (Å²) < 4.78 is 1.75. The minimum absolute atomic E-state index is 0.314. The minimum atomic E-state index is -0.914. The van der Waals surface area contributed by atoms with Gasteiger partial charge in [-0.3, -0.25) is 4.68 Å². The maximum atomic E-state index is 11.3. The van der Waals surface area contributed by atoms with Crippen molar-refractivity contribution in [3.8, 4) is 0 Å². The fourth-order valence-electron chi connectivity index (χ4n) is 2.38. The van der Waals surface area contributed by atoms with Crippen LogP contribution in [0.15, 0.2) is 48.7 Å². The highest BCUT2D eigenvalue weighted by Gasteiger charge is 2.10. The van der Waals surface area contributed by atoms with E-state index < -0.39 is 5.97 Å². The van der Waals surface area contributed by atoms with Crippen LogP contribution < -0.4 is 5.32 Å². The third-order valence-corrected chi connectivity index (χ3v) is 3.38. The quantitative estimate of drug-likeness (QED) is 0.771. The molecule has 0 unspecified atom stereocenters. The first kappa shape index (κ1) is 13.2. The molecule has 0 aliphatic heterocycles. The van der Waals surface area contributed by atoms with Gasteiger partial charge in [-0.15, -0.1) is 0 Å². The van der Waals surface area contributed by atoms with Crippen molar-refractivity contribution in [1.29, 1.82) is 0 Å². The number of nitrogens with zero attached hydrogens (tertiary/aromatic N) is 2. The molecule has 1 heterocycles. The highest BCUT2D eigenvalue weighted by molar-refractivity contribution is 6.07. The van der Waals surface area contributed by atoms with E-state index in [1.165, 1.54) is 0 Å². The number of aromatic nitrogens is 2. The van der Waals surface area contributed by atoms with Crippen LogP contribution in [0.25, 0.3) is 10.8 Å². The highest BCUT2D eigenvalue weighted by atomic mass is 16.4. The van der Waals surface area contributed by atoms with E-state index >= 15 is 0 Å². The van der Waals surface area contributed by atoms with Crippen molar-refractivity contribution in [2.75, 3.05) is 5.32 Å². The molecular weight excluding hydrogens is 266 g/mol. The monoisotopic (exact) mass is 281 g/mol. The normalized spacial score (nSPS) is 10.7. The lowest BCUT2D eigenvalue weighted by atomic mass is 10.0. The Labute approximate surface area is 121 Å². The summed E-state index contributed by atoms with van der Waals surface area (Å²) in [5.41, 5.74) is 2.15. The Balaban J connectivity index is 1.96. The van der Waals surface area contributed by atoms with Gasteiger partial charge in [0.2, 0.25) is 0 Å². The van der Waals surface area contributed by atoms with Crippen molar-refractivity contribution in [2.24, 2.45) is 7.05 Å². The van der Waals surface area contributed by atoms with Gasteiger partial charge in [0.1, 0.15) is 0 Å². The number of anilines is 1. The smallest absolute Gasteiger partial charge is 0.336 e. The average molecular weight is 281 g/mol. The molecule has 3 aromatic rings. The van der Waals surface area contributed by atoms with Crippen molar-refractivity contribution in [3.63, 3.8) is 0 Å². The summed E-state index contributed by atoms with van der Waals surface area (Å²) in [6.07, 6.45) is 1.89. The van der Waals surface area contributed by atoms with Gasteiger partial charge in [-0.2, -0.15) is 5.10 Å². The number of aryl methyl sites for hydroxylation is 1. The number of hydrogen-bond acceptors (Lipinski definition) is 3. The minimum Gasteiger partial charge on any atom is -0.478 e. The predicted molar refractivity (Wildman–Crippen MR) is 81.4 cm³/mol. The zero-order valence-electron chi connectivity index (χ0n) is 11.6. The SMILES string of the molecule is Cn1ccc(CNc2ccc(C(=O)O)c3ccccc23)n1. The van der Waals surface area contributed by atoms with E-state index in [9.17, 15) is 9.90 Å². The number of hydrogen-bond donors (Lipinski definition) is 2. The van der Waals surface area contributed by atoms with Crippen LogP contribution in [0, 0.1) is 0 Å². The van der Waals surface area contributed by atoms with Crippen molar-refractivity contribution >= 4 is 22.4 Å². The Bertz CT molecular complexity index is 808. The van der Waals surface area contributed by atoms with Crippen LogP contribution in [-0.2, 0) is 13.6 Å². The van der Waals surface area contributed by atoms with Crippen LogP contribution in [-0.4, -0.2) is 20.9 Å². The molecule has 1 aromatic heterocycles. The molecule has 2 aromatic carbocycles. The van der Waals surface area contributed by atoms with Crippen LogP contribution in [0.5, 0.6) is 0 Å². The summed E-state index contributed by atoms with van der Waals surface area (Å²) in [7, 11) is 1.88. The number of rotatable bonds is 4. The average Bonchev–Trinajstić information content (AvgIpc) is 2.90. The number of aromatic carboxylic acids is 1. The summed E-state index contributed by atoms with van der Waals surface area (Å²) in [4.78, 5) is 11.3. The number of nitrogens with one attached hydrogen (secondary N) is 1. The number of carboxylic acids is 1. The number of fused-ring (bicyclic) bond motifs is 1. The first-order chi connectivity index (χ1) is 10.1. The lowest BCUT2D eigenvalue weighted by Crippen LogP contribution is -2.03. The second-order valence-corrected chi connectivity index (χ2v) is 4.85. The first-order valence-corrected chi connectivity index (χ1v) is 6.62. The zero-order chi connectivity index (χ0) is 14.8. The molecule has 0 spiro atoms. The molecule has 0 aliphatic carbocycles. The fourth-order valence-corrected chi connectivity index (χ4v) is 2.38. The summed E-state index contributed by atoms with van der Waals surface area (Å²) in [6, 6.07) is 12.9. The fraction of sp³-hybridized carbons (Fsp3) is 0.125. The third kappa shape index (κ3) is 2.58. The third-order valence-electron chi connectivity index (χ3n) is 3.38. The van der Waals surface area contributed by atoms with Crippen molar-refractivity contribution in [1.82, 2.24) is 9.78 Å². The van der Waals surface area contributed by atoms with Gasteiger partial charge in [0.05, 0.1) is 17.8 Å². The highest BCUT2D eigenvalue weighted by Crippen LogP contribution is 2.27. The van der Waals surface area contributed by atoms with Crippen LogP contribution in [0.1, 0.15) is 16.1 Å². The summed E-state index contributed by atoms with van der Waals surface area (Å²) in [5.74, 6) is -0.914. The first-order valence-electron chi connectivity index (χ1n) is 6.62. The molecule has 0 radical (unpaired) electrons. The molecule has 0 bridgehead atoms. The number of benzene rings is 2. The summed E-state index contributed by atoms with van der Waals surface area (Å²) >= 11 is 0. The molecule has 0 saturated heterocycles. The Morgan fingerprint density at radius 1 is 1.19 bits per heavy atom. The molecular formula is C16H15N3O2. The van der Waals surface area contributed by atoms with Crippen LogP contribution >= 0.6 is 0 Å². The molecule has 0 aliphatic rings.